The Labute approximate surface area is 55.5 Å². The molecule has 0 unspecified atom stereocenters. The fourth-order valence-electron chi connectivity index (χ4n) is 0.538. The second-order valence-corrected chi connectivity index (χ2v) is 1.61. The van der Waals surface area contributed by atoms with Gasteiger partial charge in [-0.25, -0.2) is 0 Å². The first-order valence-corrected chi connectivity index (χ1v) is 2.51. The summed E-state index contributed by atoms with van der Waals surface area (Å²) in [5, 5.41) is 0. The van der Waals surface area contributed by atoms with E-state index >= 15 is 0 Å². The van der Waals surface area contributed by atoms with Gasteiger partial charge in [0.25, 0.3) is 0 Å². The minimum Gasteiger partial charge on any atom is -0.273 e. The topological polar surface area (TPSA) is 12.9 Å². The third kappa shape index (κ3) is 1.33. The van der Waals surface area contributed by atoms with E-state index in [1.165, 1.54) is 0 Å². The minimum atomic E-state index is 0.463. The molecule has 2 heteroatoms. The van der Waals surface area contributed by atoms with Gasteiger partial charge in [-0.05, 0) is 17.7 Å². The standard InChI is InChI=1S/C7H4BN/c1-2-6-3-4-9-7(8)5-6/h1,3-5H. The molecule has 1 aromatic rings. The highest BCUT2D eigenvalue weighted by atomic mass is 14.6. The first-order chi connectivity index (χ1) is 4.33. The van der Waals surface area contributed by atoms with Gasteiger partial charge in [-0.3, -0.25) is 4.98 Å². The molecule has 0 saturated heterocycles. The van der Waals surface area contributed by atoms with Crippen molar-refractivity contribution >= 4 is 13.4 Å². The zero-order chi connectivity index (χ0) is 6.69. The van der Waals surface area contributed by atoms with Crippen molar-refractivity contribution in [3.05, 3.63) is 23.9 Å². The summed E-state index contributed by atoms with van der Waals surface area (Å²) < 4.78 is 0. The van der Waals surface area contributed by atoms with Crippen LogP contribution in [-0.2, 0) is 0 Å². The molecule has 9 heavy (non-hydrogen) atoms. The summed E-state index contributed by atoms with van der Waals surface area (Å²) in [5.74, 6) is 2.45. The van der Waals surface area contributed by atoms with Crippen LogP contribution in [0.5, 0.6) is 0 Å². The van der Waals surface area contributed by atoms with Crippen molar-refractivity contribution in [3.8, 4) is 12.3 Å². The van der Waals surface area contributed by atoms with Gasteiger partial charge in [-0.1, -0.05) is 5.92 Å². The lowest BCUT2D eigenvalue weighted by Crippen LogP contribution is -2.06. The molecule has 1 heterocycles. The zero-order valence-electron chi connectivity index (χ0n) is 4.83. The average Bonchev–Trinajstić information content (AvgIpc) is 1.88. The van der Waals surface area contributed by atoms with Crippen LogP contribution in [0, 0.1) is 12.3 Å². The summed E-state index contributed by atoms with van der Waals surface area (Å²) >= 11 is 0. The molecule has 0 bridgehead atoms. The number of rotatable bonds is 0. The van der Waals surface area contributed by atoms with Crippen LogP contribution in [0.3, 0.4) is 0 Å². The highest BCUT2D eigenvalue weighted by Crippen LogP contribution is 1.87. The number of hydrogen-bond acceptors (Lipinski definition) is 1. The number of hydrogen-bond donors (Lipinski definition) is 0. The third-order valence-corrected chi connectivity index (χ3v) is 0.948. The molecular formula is C7H4BN. The predicted octanol–water partition coefficient (Wildman–Crippen LogP) is -0.143. The monoisotopic (exact) mass is 113 g/mol. The van der Waals surface area contributed by atoms with Gasteiger partial charge >= 0.3 is 0 Å². The molecule has 0 spiro atoms. The van der Waals surface area contributed by atoms with E-state index in [0.717, 1.165) is 5.56 Å². The molecule has 0 aromatic carbocycles. The van der Waals surface area contributed by atoms with E-state index in [-0.39, 0.29) is 0 Å². The lowest BCUT2D eigenvalue weighted by molar-refractivity contribution is 1.38. The lowest BCUT2D eigenvalue weighted by atomic mass is 10.0. The summed E-state index contributed by atoms with van der Waals surface area (Å²) in [7, 11) is 5.33. The highest BCUT2D eigenvalue weighted by Gasteiger charge is 1.84. The van der Waals surface area contributed by atoms with E-state index < -0.39 is 0 Å². The van der Waals surface area contributed by atoms with E-state index in [2.05, 4.69) is 10.9 Å². The molecule has 40 valence electrons. The van der Waals surface area contributed by atoms with Gasteiger partial charge in [0.1, 0.15) is 7.85 Å². The van der Waals surface area contributed by atoms with Gasteiger partial charge in [0, 0.05) is 11.8 Å². The fraction of sp³-hybridized carbons (Fsp3) is 0. The van der Waals surface area contributed by atoms with Crippen molar-refractivity contribution in [1.82, 2.24) is 4.98 Å². The third-order valence-electron chi connectivity index (χ3n) is 0.948. The summed E-state index contributed by atoms with van der Waals surface area (Å²) in [6.45, 7) is 0. The van der Waals surface area contributed by atoms with Crippen LogP contribution in [0.15, 0.2) is 18.3 Å². The molecule has 0 aliphatic carbocycles. The van der Waals surface area contributed by atoms with E-state index in [0.29, 0.717) is 5.59 Å². The van der Waals surface area contributed by atoms with Crippen LogP contribution in [0.2, 0.25) is 0 Å². The second-order valence-electron chi connectivity index (χ2n) is 1.61. The summed E-state index contributed by atoms with van der Waals surface area (Å²) in [6, 6.07) is 3.39. The zero-order valence-corrected chi connectivity index (χ0v) is 4.83. The Kier molecular flexibility index (Phi) is 1.55. The van der Waals surface area contributed by atoms with Crippen LogP contribution in [0.4, 0.5) is 0 Å². The predicted molar refractivity (Wildman–Crippen MR) is 37.6 cm³/mol. The van der Waals surface area contributed by atoms with Crippen LogP contribution in [0.25, 0.3) is 0 Å². The van der Waals surface area contributed by atoms with Crippen molar-refractivity contribution in [1.29, 1.82) is 0 Å². The smallest absolute Gasteiger partial charge is 0.141 e. The Morgan fingerprint density at radius 2 is 2.44 bits per heavy atom. The van der Waals surface area contributed by atoms with Crippen LogP contribution in [0.1, 0.15) is 5.56 Å². The molecule has 1 nitrogen and oxygen atoms in total. The van der Waals surface area contributed by atoms with Crippen LogP contribution >= 0.6 is 0 Å². The van der Waals surface area contributed by atoms with Gasteiger partial charge in [-0.15, -0.1) is 6.42 Å². The quantitative estimate of drug-likeness (QED) is 0.337. The molecule has 0 aliphatic heterocycles. The molecule has 1 aromatic heterocycles. The second kappa shape index (κ2) is 2.36. The maximum absolute atomic E-state index is 5.33. The number of pyridine rings is 1. The summed E-state index contributed by atoms with van der Waals surface area (Å²) in [4.78, 5) is 3.77. The SMILES string of the molecule is [B]c1cc(C#C)ccn1. The number of nitrogens with zero attached hydrogens (tertiary/aromatic N) is 1. The summed E-state index contributed by atoms with van der Waals surface area (Å²) in [6.07, 6.45) is 6.67. The molecule has 0 saturated carbocycles. The maximum Gasteiger partial charge on any atom is 0.141 e. The average molecular weight is 113 g/mol. The van der Waals surface area contributed by atoms with E-state index in [4.69, 9.17) is 14.3 Å². The Hall–Kier alpha value is -1.23. The van der Waals surface area contributed by atoms with Gasteiger partial charge in [0.15, 0.2) is 0 Å². The van der Waals surface area contributed by atoms with Crippen molar-refractivity contribution in [2.24, 2.45) is 0 Å². The lowest BCUT2D eigenvalue weighted by Gasteiger charge is -1.90. The Morgan fingerprint density at radius 1 is 1.67 bits per heavy atom. The van der Waals surface area contributed by atoms with Gasteiger partial charge < -0.3 is 0 Å². The Bertz CT molecular complexity index is 249. The molecule has 0 N–H and O–H groups in total. The normalized spacial score (nSPS) is 8.33. The molecule has 2 radical (unpaired) electrons. The largest absolute Gasteiger partial charge is 0.273 e. The maximum atomic E-state index is 5.33. The first-order valence-electron chi connectivity index (χ1n) is 2.51. The van der Waals surface area contributed by atoms with E-state index in [1.54, 1.807) is 18.3 Å². The first kappa shape index (κ1) is 5.90. The number of aromatic nitrogens is 1. The highest BCUT2D eigenvalue weighted by molar-refractivity contribution is 6.30. The molecule has 0 fully saturated rings. The molecule has 1 rings (SSSR count). The van der Waals surface area contributed by atoms with Crippen molar-refractivity contribution in [2.45, 2.75) is 0 Å². The van der Waals surface area contributed by atoms with Gasteiger partial charge in [0.2, 0.25) is 0 Å². The molecule has 0 aliphatic rings. The fourth-order valence-corrected chi connectivity index (χ4v) is 0.538. The molecule has 0 atom stereocenters. The van der Waals surface area contributed by atoms with E-state index in [9.17, 15) is 0 Å². The Morgan fingerprint density at radius 3 is 2.89 bits per heavy atom. The van der Waals surface area contributed by atoms with Gasteiger partial charge in [0.05, 0.1) is 0 Å². The van der Waals surface area contributed by atoms with Crippen LogP contribution < -0.4 is 5.59 Å². The van der Waals surface area contributed by atoms with Crippen LogP contribution in [-0.4, -0.2) is 12.8 Å². The van der Waals surface area contributed by atoms with Crippen molar-refractivity contribution in [3.63, 3.8) is 0 Å². The minimum absolute atomic E-state index is 0.463. The van der Waals surface area contributed by atoms with Crippen molar-refractivity contribution < 1.29 is 0 Å². The molecule has 0 amide bonds. The summed E-state index contributed by atoms with van der Waals surface area (Å²) in [5.41, 5.74) is 1.23. The molecular weight excluding hydrogens is 109 g/mol. The van der Waals surface area contributed by atoms with Crippen molar-refractivity contribution in [2.75, 3.05) is 0 Å². The van der Waals surface area contributed by atoms with E-state index in [1.807, 2.05) is 0 Å². The van der Waals surface area contributed by atoms with Gasteiger partial charge in [-0.2, -0.15) is 0 Å². The number of terminal acetylenes is 1. The Balaban J connectivity index is 3.12.